The summed E-state index contributed by atoms with van der Waals surface area (Å²) in [5.41, 5.74) is 2.77. The molecular formula is C24H22N4O4. The summed E-state index contributed by atoms with van der Waals surface area (Å²) < 4.78 is 16.4. The van der Waals surface area contributed by atoms with E-state index in [2.05, 4.69) is 20.4 Å². The number of aromatic nitrogens is 2. The Morgan fingerprint density at radius 2 is 1.88 bits per heavy atom. The number of amides is 1. The predicted molar refractivity (Wildman–Crippen MR) is 121 cm³/mol. The monoisotopic (exact) mass is 430 g/mol. The van der Waals surface area contributed by atoms with E-state index in [-0.39, 0.29) is 11.7 Å². The molecule has 5 rings (SSSR count). The van der Waals surface area contributed by atoms with Crippen LogP contribution in [0.1, 0.15) is 10.6 Å². The SMILES string of the molecule is COc1cccc2cc(C(=O)Nc3cccc(-c4ccc(N5CCOCC5)nn4)c3)oc12. The van der Waals surface area contributed by atoms with Gasteiger partial charge < -0.3 is 24.1 Å². The van der Waals surface area contributed by atoms with Crippen LogP contribution in [0.3, 0.4) is 0 Å². The van der Waals surface area contributed by atoms with Gasteiger partial charge >= 0.3 is 0 Å². The fourth-order valence-electron chi connectivity index (χ4n) is 3.70. The summed E-state index contributed by atoms with van der Waals surface area (Å²) in [7, 11) is 1.57. The maximum Gasteiger partial charge on any atom is 0.291 e. The molecule has 1 aliphatic rings. The maximum atomic E-state index is 12.8. The third-order valence-electron chi connectivity index (χ3n) is 5.35. The molecule has 0 radical (unpaired) electrons. The van der Waals surface area contributed by atoms with Gasteiger partial charge in [0.15, 0.2) is 22.9 Å². The number of rotatable bonds is 5. The van der Waals surface area contributed by atoms with E-state index in [1.807, 2.05) is 48.5 Å². The summed E-state index contributed by atoms with van der Waals surface area (Å²) in [4.78, 5) is 14.9. The van der Waals surface area contributed by atoms with E-state index in [4.69, 9.17) is 13.9 Å². The van der Waals surface area contributed by atoms with Crippen molar-refractivity contribution in [2.75, 3.05) is 43.6 Å². The zero-order valence-corrected chi connectivity index (χ0v) is 17.6. The first kappa shape index (κ1) is 20.0. The Kier molecular flexibility index (Phi) is 5.43. The molecule has 0 spiro atoms. The van der Waals surface area contributed by atoms with Crippen LogP contribution >= 0.6 is 0 Å². The molecule has 0 atom stereocenters. The molecule has 0 bridgehead atoms. The molecule has 162 valence electrons. The van der Waals surface area contributed by atoms with Crippen molar-refractivity contribution < 1.29 is 18.7 Å². The number of hydrogen-bond donors (Lipinski definition) is 1. The lowest BCUT2D eigenvalue weighted by Gasteiger charge is -2.27. The second-order valence-corrected chi connectivity index (χ2v) is 7.40. The van der Waals surface area contributed by atoms with E-state index in [0.29, 0.717) is 30.2 Å². The number of ether oxygens (including phenoxy) is 2. The van der Waals surface area contributed by atoms with Crippen molar-refractivity contribution in [3.63, 3.8) is 0 Å². The number of anilines is 2. The molecule has 1 fully saturated rings. The van der Waals surface area contributed by atoms with Crippen LogP contribution in [0, 0.1) is 0 Å². The van der Waals surface area contributed by atoms with E-state index in [0.717, 1.165) is 35.6 Å². The largest absolute Gasteiger partial charge is 0.493 e. The van der Waals surface area contributed by atoms with Gasteiger partial charge in [0.05, 0.1) is 26.0 Å². The normalized spacial score (nSPS) is 13.8. The van der Waals surface area contributed by atoms with E-state index < -0.39 is 0 Å². The molecule has 8 nitrogen and oxygen atoms in total. The van der Waals surface area contributed by atoms with Crippen molar-refractivity contribution in [3.05, 3.63) is 66.4 Å². The molecule has 1 aliphatic heterocycles. The molecular weight excluding hydrogens is 408 g/mol. The Bertz CT molecular complexity index is 1250. The highest BCUT2D eigenvalue weighted by Crippen LogP contribution is 2.29. The van der Waals surface area contributed by atoms with E-state index in [9.17, 15) is 4.79 Å². The first-order valence-electron chi connectivity index (χ1n) is 10.4. The second-order valence-electron chi connectivity index (χ2n) is 7.40. The van der Waals surface area contributed by atoms with Gasteiger partial charge in [0.2, 0.25) is 0 Å². The number of hydrogen-bond acceptors (Lipinski definition) is 7. The molecule has 1 saturated heterocycles. The number of furan rings is 1. The van der Waals surface area contributed by atoms with Crippen LogP contribution in [0.15, 0.2) is 65.1 Å². The fourth-order valence-corrected chi connectivity index (χ4v) is 3.70. The van der Waals surface area contributed by atoms with Crippen LogP contribution in [-0.2, 0) is 4.74 Å². The topological polar surface area (TPSA) is 89.7 Å². The van der Waals surface area contributed by atoms with Gasteiger partial charge in [-0.25, -0.2) is 0 Å². The number of carbonyl (C=O) groups is 1. The Morgan fingerprint density at radius 1 is 1.03 bits per heavy atom. The summed E-state index contributed by atoms with van der Waals surface area (Å²) in [6.07, 6.45) is 0. The van der Waals surface area contributed by atoms with Crippen molar-refractivity contribution in [1.29, 1.82) is 0 Å². The average Bonchev–Trinajstić information content (AvgIpc) is 3.30. The van der Waals surface area contributed by atoms with Crippen molar-refractivity contribution in [2.45, 2.75) is 0 Å². The number of benzene rings is 2. The summed E-state index contributed by atoms with van der Waals surface area (Å²) in [5, 5.41) is 12.4. The summed E-state index contributed by atoms with van der Waals surface area (Å²) in [5.74, 6) is 1.29. The molecule has 0 saturated carbocycles. The lowest BCUT2D eigenvalue weighted by molar-refractivity contribution is 0.0998. The lowest BCUT2D eigenvalue weighted by atomic mass is 10.1. The lowest BCUT2D eigenvalue weighted by Crippen LogP contribution is -2.36. The van der Waals surface area contributed by atoms with E-state index >= 15 is 0 Å². The minimum Gasteiger partial charge on any atom is -0.493 e. The smallest absolute Gasteiger partial charge is 0.291 e. The van der Waals surface area contributed by atoms with Crippen LogP contribution in [0.4, 0.5) is 11.5 Å². The van der Waals surface area contributed by atoms with Gasteiger partial charge in [-0.2, -0.15) is 0 Å². The van der Waals surface area contributed by atoms with Crippen LogP contribution in [0.5, 0.6) is 5.75 Å². The molecule has 3 heterocycles. The van der Waals surface area contributed by atoms with E-state index in [1.54, 1.807) is 19.2 Å². The van der Waals surface area contributed by atoms with E-state index in [1.165, 1.54) is 0 Å². The first-order chi connectivity index (χ1) is 15.7. The van der Waals surface area contributed by atoms with Crippen LogP contribution in [-0.4, -0.2) is 49.5 Å². The van der Waals surface area contributed by atoms with Gasteiger partial charge in [0.1, 0.15) is 0 Å². The Balaban J connectivity index is 1.33. The van der Waals surface area contributed by atoms with Gasteiger partial charge in [-0.05, 0) is 36.4 Å². The third kappa shape index (κ3) is 4.00. The number of carbonyl (C=O) groups excluding carboxylic acids is 1. The molecule has 2 aromatic carbocycles. The summed E-state index contributed by atoms with van der Waals surface area (Å²) in [6, 6.07) is 18.6. The minimum atomic E-state index is -0.339. The molecule has 4 aromatic rings. The molecule has 8 heteroatoms. The van der Waals surface area contributed by atoms with Crippen molar-refractivity contribution >= 4 is 28.4 Å². The Labute approximate surface area is 184 Å². The standard InChI is InChI=1S/C24H22N4O4/c1-30-20-7-3-5-17-15-21(32-23(17)20)24(29)25-18-6-2-4-16(14-18)19-8-9-22(27-26-19)28-10-12-31-13-11-28/h2-9,14-15H,10-13H2,1H3,(H,25,29). The predicted octanol–water partition coefficient (Wildman–Crippen LogP) is 3.99. The zero-order valence-electron chi connectivity index (χ0n) is 17.6. The number of nitrogens with zero attached hydrogens (tertiary/aromatic N) is 3. The van der Waals surface area contributed by atoms with Crippen LogP contribution in [0.2, 0.25) is 0 Å². The van der Waals surface area contributed by atoms with Crippen molar-refractivity contribution in [1.82, 2.24) is 10.2 Å². The maximum absolute atomic E-state index is 12.8. The third-order valence-corrected chi connectivity index (χ3v) is 5.35. The molecule has 0 unspecified atom stereocenters. The van der Waals surface area contributed by atoms with Crippen LogP contribution in [0.25, 0.3) is 22.2 Å². The Morgan fingerprint density at radius 3 is 2.66 bits per heavy atom. The van der Waals surface area contributed by atoms with Gasteiger partial charge in [-0.1, -0.05) is 24.3 Å². The highest BCUT2D eigenvalue weighted by molar-refractivity contribution is 6.05. The molecule has 32 heavy (non-hydrogen) atoms. The van der Waals surface area contributed by atoms with Crippen LogP contribution < -0.4 is 15.0 Å². The average molecular weight is 430 g/mol. The van der Waals surface area contributed by atoms with Gasteiger partial charge in [0.25, 0.3) is 5.91 Å². The number of fused-ring (bicyclic) bond motifs is 1. The van der Waals surface area contributed by atoms with Gasteiger partial charge in [-0.15, -0.1) is 10.2 Å². The van der Waals surface area contributed by atoms with Crippen molar-refractivity contribution in [2.24, 2.45) is 0 Å². The number of nitrogens with one attached hydrogen (secondary N) is 1. The molecule has 1 amide bonds. The molecule has 1 N–H and O–H groups in total. The first-order valence-corrected chi connectivity index (χ1v) is 10.4. The summed E-state index contributed by atoms with van der Waals surface area (Å²) in [6.45, 7) is 3.01. The molecule has 2 aromatic heterocycles. The second kappa shape index (κ2) is 8.68. The number of morpholine rings is 1. The number of para-hydroxylation sites is 1. The minimum absolute atomic E-state index is 0.213. The summed E-state index contributed by atoms with van der Waals surface area (Å²) >= 11 is 0. The van der Waals surface area contributed by atoms with Gasteiger partial charge in [0, 0.05) is 29.7 Å². The highest BCUT2D eigenvalue weighted by Gasteiger charge is 2.16. The molecule has 0 aliphatic carbocycles. The fraction of sp³-hybridized carbons (Fsp3) is 0.208. The van der Waals surface area contributed by atoms with Crippen molar-refractivity contribution in [3.8, 4) is 17.0 Å². The number of methoxy groups -OCH3 is 1. The zero-order chi connectivity index (χ0) is 21.9. The highest BCUT2D eigenvalue weighted by atomic mass is 16.5. The Hall–Kier alpha value is -3.91. The quantitative estimate of drug-likeness (QED) is 0.512. The van der Waals surface area contributed by atoms with Gasteiger partial charge in [-0.3, -0.25) is 4.79 Å².